The molecular weight excluding hydrogens is 162 g/mol. The maximum atomic E-state index is 5.19. The van der Waals surface area contributed by atoms with Crippen molar-refractivity contribution in [2.24, 2.45) is 0 Å². The van der Waals surface area contributed by atoms with Crippen molar-refractivity contribution >= 4 is 0 Å². The van der Waals surface area contributed by atoms with Crippen molar-refractivity contribution in [1.29, 1.82) is 0 Å². The number of hydrogen-bond acceptors (Lipinski definition) is 2. The molecule has 0 amide bonds. The van der Waals surface area contributed by atoms with Gasteiger partial charge in [-0.1, -0.05) is 38.1 Å². The third-order valence-corrected chi connectivity index (χ3v) is 1.80. The third kappa shape index (κ3) is 2.72. The van der Waals surface area contributed by atoms with Gasteiger partial charge in [0, 0.05) is 17.9 Å². The predicted molar refractivity (Wildman–Crippen MR) is 53.7 cm³/mol. The average Bonchev–Trinajstić information content (AvgIpc) is 2.32. The second-order valence-electron chi connectivity index (χ2n) is 4.56. The van der Waals surface area contributed by atoms with E-state index in [1.165, 1.54) is 0 Å². The lowest BCUT2D eigenvalue weighted by Crippen LogP contribution is -2.10. The normalized spacial score (nSPS) is 11.7. The van der Waals surface area contributed by atoms with Crippen molar-refractivity contribution in [2.75, 3.05) is 0 Å². The molecule has 1 rings (SSSR count). The van der Waals surface area contributed by atoms with Crippen LogP contribution in [0, 0.1) is 0 Å². The van der Waals surface area contributed by atoms with Crippen LogP contribution in [0.1, 0.15) is 39.1 Å². The van der Waals surface area contributed by atoms with Gasteiger partial charge in [0.2, 0.25) is 0 Å². The fourth-order valence-corrected chi connectivity index (χ4v) is 1.05. The van der Waals surface area contributed by atoms with Gasteiger partial charge in [-0.2, -0.15) is 0 Å². The number of nitrogens with zero attached hydrogens (tertiary/aromatic N) is 1. The van der Waals surface area contributed by atoms with E-state index in [9.17, 15) is 0 Å². The fourth-order valence-electron chi connectivity index (χ4n) is 1.05. The van der Waals surface area contributed by atoms with Crippen molar-refractivity contribution in [3.8, 4) is 0 Å². The van der Waals surface area contributed by atoms with Crippen LogP contribution in [-0.4, -0.2) is 5.16 Å². The summed E-state index contributed by atoms with van der Waals surface area (Å²) in [5.41, 5.74) is 2.16. The second-order valence-corrected chi connectivity index (χ2v) is 4.56. The van der Waals surface area contributed by atoms with Crippen molar-refractivity contribution in [3.05, 3.63) is 29.7 Å². The van der Waals surface area contributed by atoms with Gasteiger partial charge >= 0.3 is 0 Å². The van der Waals surface area contributed by atoms with Crippen molar-refractivity contribution in [2.45, 2.75) is 39.5 Å². The van der Waals surface area contributed by atoms with Gasteiger partial charge in [0.25, 0.3) is 0 Å². The molecule has 1 aromatic rings. The van der Waals surface area contributed by atoms with Crippen LogP contribution in [0.2, 0.25) is 0 Å². The Kier molecular flexibility index (Phi) is 2.60. The zero-order valence-corrected chi connectivity index (χ0v) is 8.85. The molecule has 0 aromatic carbocycles. The lowest BCUT2D eigenvalue weighted by atomic mass is 9.92. The van der Waals surface area contributed by atoms with E-state index in [1.807, 2.05) is 13.0 Å². The highest BCUT2D eigenvalue weighted by atomic mass is 16.5. The smallest absolute Gasteiger partial charge is 0.141 e. The van der Waals surface area contributed by atoms with Gasteiger partial charge in [-0.3, -0.25) is 0 Å². The standard InChI is InChI=1S/C11H17NO/c1-8(2)6-9-7-10(12-13-9)11(3,4)5/h7H,1,6H2,2-5H3. The van der Waals surface area contributed by atoms with E-state index in [4.69, 9.17) is 4.52 Å². The molecule has 1 heterocycles. The van der Waals surface area contributed by atoms with E-state index >= 15 is 0 Å². The minimum atomic E-state index is 0.0663. The summed E-state index contributed by atoms with van der Waals surface area (Å²) in [6, 6.07) is 2.01. The van der Waals surface area contributed by atoms with E-state index in [1.54, 1.807) is 0 Å². The lowest BCUT2D eigenvalue weighted by Gasteiger charge is -2.12. The average molecular weight is 179 g/mol. The van der Waals surface area contributed by atoms with Gasteiger partial charge in [0.1, 0.15) is 5.76 Å². The molecule has 0 N–H and O–H groups in total. The Bertz CT molecular complexity index is 304. The molecule has 0 unspecified atom stereocenters. The number of allylic oxidation sites excluding steroid dienone is 1. The second kappa shape index (κ2) is 3.36. The van der Waals surface area contributed by atoms with Crippen LogP contribution in [0.4, 0.5) is 0 Å². The Labute approximate surface area is 79.6 Å². The summed E-state index contributed by atoms with van der Waals surface area (Å²) in [5.74, 6) is 0.900. The minimum Gasteiger partial charge on any atom is -0.361 e. The highest BCUT2D eigenvalue weighted by Crippen LogP contribution is 2.22. The fraction of sp³-hybridized carbons (Fsp3) is 0.545. The van der Waals surface area contributed by atoms with Crippen molar-refractivity contribution < 1.29 is 4.52 Å². The number of hydrogen-bond donors (Lipinski definition) is 0. The highest BCUT2D eigenvalue weighted by Gasteiger charge is 2.18. The Hall–Kier alpha value is -1.05. The van der Waals surface area contributed by atoms with E-state index in [2.05, 4.69) is 32.5 Å². The monoisotopic (exact) mass is 179 g/mol. The number of aromatic nitrogens is 1. The third-order valence-electron chi connectivity index (χ3n) is 1.80. The molecule has 13 heavy (non-hydrogen) atoms. The Balaban J connectivity index is 2.81. The molecular formula is C11H17NO. The van der Waals surface area contributed by atoms with E-state index < -0.39 is 0 Å². The maximum Gasteiger partial charge on any atom is 0.141 e. The Morgan fingerprint density at radius 3 is 2.54 bits per heavy atom. The van der Waals surface area contributed by atoms with E-state index in [0.717, 1.165) is 23.4 Å². The molecule has 1 aromatic heterocycles. The lowest BCUT2D eigenvalue weighted by molar-refractivity contribution is 0.369. The molecule has 2 nitrogen and oxygen atoms in total. The van der Waals surface area contributed by atoms with Crippen LogP contribution < -0.4 is 0 Å². The largest absolute Gasteiger partial charge is 0.361 e. The quantitative estimate of drug-likeness (QED) is 0.652. The first-order valence-corrected chi connectivity index (χ1v) is 4.50. The molecule has 0 spiro atoms. The predicted octanol–water partition coefficient (Wildman–Crippen LogP) is 3.09. The molecule has 72 valence electrons. The maximum absolute atomic E-state index is 5.19. The first-order valence-electron chi connectivity index (χ1n) is 4.50. The molecule has 0 aliphatic heterocycles. The van der Waals surface area contributed by atoms with Gasteiger partial charge in [-0.25, -0.2) is 0 Å². The SMILES string of the molecule is C=C(C)Cc1cc(C(C)(C)C)no1. The number of rotatable bonds is 2. The van der Waals surface area contributed by atoms with Gasteiger partial charge in [0.15, 0.2) is 0 Å². The molecule has 0 saturated carbocycles. The molecule has 0 atom stereocenters. The summed E-state index contributed by atoms with van der Waals surface area (Å²) in [6.07, 6.45) is 0.781. The van der Waals surface area contributed by atoms with Crippen LogP contribution in [-0.2, 0) is 11.8 Å². The zero-order valence-electron chi connectivity index (χ0n) is 8.85. The van der Waals surface area contributed by atoms with Gasteiger partial charge < -0.3 is 4.52 Å². The first-order chi connectivity index (χ1) is 5.89. The molecule has 0 aliphatic carbocycles. The summed E-state index contributed by atoms with van der Waals surface area (Å²) in [7, 11) is 0. The summed E-state index contributed by atoms with van der Waals surface area (Å²) < 4.78 is 5.19. The summed E-state index contributed by atoms with van der Waals surface area (Å²) in [6.45, 7) is 12.2. The zero-order chi connectivity index (χ0) is 10.1. The minimum absolute atomic E-state index is 0.0663. The summed E-state index contributed by atoms with van der Waals surface area (Å²) in [5, 5.41) is 4.02. The van der Waals surface area contributed by atoms with Gasteiger partial charge in [-0.15, -0.1) is 0 Å². The van der Waals surface area contributed by atoms with Crippen LogP contribution in [0.5, 0.6) is 0 Å². The molecule has 0 aliphatic rings. The van der Waals surface area contributed by atoms with E-state index in [-0.39, 0.29) is 5.41 Å². The van der Waals surface area contributed by atoms with Crippen LogP contribution >= 0.6 is 0 Å². The molecule has 0 bridgehead atoms. The molecule has 0 radical (unpaired) electrons. The van der Waals surface area contributed by atoms with Crippen molar-refractivity contribution in [1.82, 2.24) is 5.16 Å². The van der Waals surface area contributed by atoms with Crippen LogP contribution in [0.15, 0.2) is 22.7 Å². The topological polar surface area (TPSA) is 26.0 Å². The van der Waals surface area contributed by atoms with Crippen molar-refractivity contribution in [3.63, 3.8) is 0 Å². The Morgan fingerprint density at radius 1 is 1.54 bits per heavy atom. The molecule has 2 heteroatoms. The summed E-state index contributed by atoms with van der Waals surface area (Å²) in [4.78, 5) is 0. The summed E-state index contributed by atoms with van der Waals surface area (Å²) >= 11 is 0. The molecule has 0 fully saturated rings. The molecule has 0 saturated heterocycles. The first kappa shape index (κ1) is 10.0. The van der Waals surface area contributed by atoms with Crippen LogP contribution in [0.3, 0.4) is 0 Å². The highest BCUT2D eigenvalue weighted by molar-refractivity contribution is 5.16. The van der Waals surface area contributed by atoms with Gasteiger partial charge in [0.05, 0.1) is 5.69 Å². The van der Waals surface area contributed by atoms with Crippen LogP contribution in [0.25, 0.3) is 0 Å². The Morgan fingerprint density at radius 2 is 2.15 bits per heavy atom. The van der Waals surface area contributed by atoms with E-state index in [0.29, 0.717) is 0 Å². The van der Waals surface area contributed by atoms with Gasteiger partial charge in [-0.05, 0) is 6.92 Å².